The Bertz CT molecular complexity index is 776. The molecule has 0 unspecified atom stereocenters. The van der Waals surface area contributed by atoms with Crippen LogP contribution in [0.15, 0.2) is 60.8 Å². The first-order valence-electron chi connectivity index (χ1n) is 8.13. The van der Waals surface area contributed by atoms with Gasteiger partial charge in [-0.1, -0.05) is 55.5 Å². The van der Waals surface area contributed by atoms with Crippen molar-refractivity contribution in [2.45, 2.75) is 13.3 Å². The van der Waals surface area contributed by atoms with Gasteiger partial charge in [0.2, 0.25) is 0 Å². The molecule has 118 valence electrons. The summed E-state index contributed by atoms with van der Waals surface area (Å²) in [5.41, 5.74) is 3.12. The Balaban J connectivity index is 1.65. The van der Waals surface area contributed by atoms with Crippen LogP contribution in [0.4, 0.5) is 0 Å². The van der Waals surface area contributed by atoms with Crippen LogP contribution in [0.25, 0.3) is 10.9 Å². The standard InChI is InChI=1S/C20H22N2O/c1-2-22(13-12-16-8-4-3-5-9-16)15-20(23)18-14-21-19-11-7-6-10-17(18)19/h3-11,14,21H,2,12-13,15H2,1H3. The Labute approximate surface area is 136 Å². The topological polar surface area (TPSA) is 36.1 Å². The molecule has 1 heterocycles. The molecule has 3 rings (SSSR count). The number of likely N-dealkylation sites (N-methyl/N-ethyl adjacent to an activating group) is 1. The molecule has 2 aromatic carbocycles. The molecule has 0 bridgehead atoms. The van der Waals surface area contributed by atoms with Crippen molar-refractivity contribution in [3.63, 3.8) is 0 Å². The molecule has 0 aliphatic carbocycles. The van der Waals surface area contributed by atoms with Gasteiger partial charge in [0.25, 0.3) is 0 Å². The zero-order valence-corrected chi connectivity index (χ0v) is 13.5. The highest BCUT2D eigenvalue weighted by atomic mass is 16.1. The van der Waals surface area contributed by atoms with Crippen LogP contribution < -0.4 is 0 Å². The van der Waals surface area contributed by atoms with E-state index in [1.807, 2.05) is 36.5 Å². The number of H-pyrrole nitrogens is 1. The lowest BCUT2D eigenvalue weighted by Crippen LogP contribution is -2.31. The Morgan fingerprint density at radius 2 is 1.78 bits per heavy atom. The predicted octanol–water partition coefficient (Wildman–Crippen LogP) is 3.92. The van der Waals surface area contributed by atoms with Crippen LogP contribution in [0.5, 0.6) is 0 Å². The van der Waals surface area contributed by atoms with Gasteiger partial charge in [-0.25, -0.2) is 0 Å². The summed E-state index contributed by atoms with van der Waals surface area (Å²) in [6, 6.07) is 18.4. The first-order chi connectivity index (χ1) is 11.3. The van der Waals surface area contributed by atoms with Crippen LogP contribution in [0.1, 0.15) is 22.8 Å². The van der Waals surface area contributed by atoms with Gasteiger partial charge in [0, 0.05) is 29.2 Å². The Hall–Kier alpha value is -2.39. The lowest BCUT2D eigenvalue weighted by molar-refractivity contribution is 0.0936. The number of ketones is 1. The third-order valence-electron chi connectivity index (χ3n) is 4.26. The van der Waals surface area contributed by atoms with E-state index in [0.717, 1.165) is 36.0 Å². The second kappa shape index (κ2) is 7.25. The number of nitrogens with one attached hydrogen (secondary N) is 1. The summed E-state index contributed by atoms with van der Waals surface area (Å²) in [5, 5.41) is 1.01. The zero-order valence-electron chi connectivity index (χ0n) is 13.5. The molecule has 0 amide bonds. The van der Waals surface area contributed by atoms with Gasteiger partial charge in [0.15, 0.2) is 5.78 Å². The number of nitrogens with zero attached hydrogens (tertiary/aromatic N) is 1. The minimum atomic E-state index is 0.178. The number of carbonyl (C=O) groups excluding carboxylic acids is 1. The molecule has 0 atom stereocenters. The quantitative estimate of drug-likeness (QED) is 0.672. The maximum Gasteiger partial charge on any atom is 0.178 e. The average molecular weight is 306 g/mol. The van der Waals surface area contributed by atoms with Crippen LogP contribution in [0, 0.1) is 0 Å². The van der Waals surface area contributed by atoms with Gasteiger partial charge < -0.3 is 4.98 Å². The molecule has 3 aromatic rings. The van der Waals surface area contributed by atoms with E-state index in [0.29, 0.717) is 6.54 Å². The summed E-state index contributed by atoms with van der Waals surface area (Å²) in [7, 11) is 0. The van der Waals surface area contributed by atoms with Crippen molar-refractivity contribution in [2.24, 2.45) is 0 Å². The fourth-order valence-electron chi connectivity index (χ4n) is 2.87. The lowest BCUT2D eigenvalue weighted by Gasteiger charge is -2.19. The monoisotopic (exact) mass is 306 g/mol. The minimum Gasteiger partial charge on any atom is -0.360 e. The van der Waals surface area contributed by atoms with E-state index in [4.69, 9.17) is 0 Å². The SMILES string of the molecule is CCN(CCc1ccccc1)CC(=O)c1c[nH]c2ccccc12. The summed E-state index contributed by atoms with van der Waals surface area (Å²) in [4.78, 5) is 18.0. The summed E-state index contributed by atoms with van der Waals surface area (Å²) in [6.07, 6.45) is 2.80. The number of benzene rings is 2. The molecule has 23 heavy (non-hydrogen) atoms. The smallest absolute Gasteiger partial charge is 0.178 e. The van der Waals surface area contributed by atoms with Crippen LogP contribution in [0.3, 0.4) is 0 Å². The van der Waals surface area contributed by atoms with Crippen LogP contribution in [-0.4, -0.2) is 35.3 Å². The van der Waals surface area contributed by atoms with Gasteiger partial charge in [-0.05, 0) is 24.6 Å². The van der Waals surface area contributed by atoms with E-state index in [2.05, 4.69) is 41.1 Å². The van der Waals surface area contributed by atoms with Crippen LogP contribution in [-0.2, 0) is 6.42 Å². The van der Waals surface area contributed by atoms with Crippen molar-refractivity contribution in [2.75, 3.05) is 19.6 Å². The third-order valence-corrected chi connectivity index (χ3v) is 4.26. The van der Waals surface area contributed by atoms with E-state index >= 15 is 0 Å². The number of aromatic nitrogens is 1. The molecular formula is C20H22N2O. The maximum absolute atomic E-state index is 12.6. The normalized spacial score (nSPS) is 11.2. The van der Waals surface area contributed by atoms with Gasteiger partial charge in [-0.2, -0.15) is 0 Å². The maximum atomic E-state index is 12.6. The van der Waals surface area contributed by atoms with E-state index in [-0.39, 0.29) is 5.78 Å². The number of carbonyl (C=O) groups is 1. The van der Waals surface area contributed by atoms with Crippen LogP contribution >= 0.6 is 0 Å². The fourth-order valence-corrected chi connectivity index (χ4v) is 2.87. The van der Waals surface area contributed by atoms with Crippen molar-refractivity contribution in [3.8, 4) is 0 Å². The van der Waals surface area contributed by atoms with Crippen molar-refractivity contribution in [1.29, 1.82) is 0 Å². The van der Waals surface area contributed by atoms with Gasteiger partial charge in [-0.15, -0.1) is 0 Å². The minimum absolute atomic E-state index is 0.178. The first kappa shape index (κ1) is 15.5. The molecule has 0 aliphatic heterocycles. The van der Waals surface area contributed by atoms with Crippen molar-refractivity contribution >= 4 is 16.7 Å². The molecule has 0 aliphatic rings. The number of hydrogen-bond donors (Lipinski definition) is 1. The third kappa shape index (κ3) is 3.69. The number of Topliss-reactive ketones (excluding diaryl/α,β-unsaturated/α-hetero) is 1. The van der Waals surface area contributed by atoms with Gasteiger partial charge in [0.1, 0.15) is 0 Å². The highest BCUT2D eigenvalue weighted by Crippen LogP contribution is 2.18. The molecule has 1 N–H and O–H groups in total. The molecular weight excluding hydrogens is 284 g/mol. The zero-order chi connectivity index (χ0) is 16.1. The van der Waals surface area contributed by atoms with Gasteiger partial charge in [0.05, 0.1) is 6.54 Å². The highest BCUT2D eigenvalue weighted by Gasteiger charge is 2.15. The van der Waals surface area contributed by atoms with Crippen molar-refractivity contribution in [1.82, 2.24) is 9.88 Å². The Kier molecular flexibility index (Phi) is 4.89. The molecule has 0 fully saturated rings. The van der Waals surface area contributed by atoms with Crippen molar-refractivity contribution in [3.05, 3.63) is 71.9 Å². The summed E-state index contributed by atoms with van der Waals surface area (Å²) in [5.74, 6) is 0.178. The van der Waals surface area contributed by atoms with Gasteiger partial charge in [-0.3, -0.25) is 9.69 Å². The second-order valence-electron chi connectivity index (χ2n) is 5.78. The van der Waals surface area contributed by atoms with Gasteiger partial charge >= 0.3 is 0 Å². The summed E-state index contributed by atoms with van der Waals surface area (Å²) < 4.78 is 0. The fraction of sp³-hybridized carbons (Fsp3) is 0.250. The molecule has 3 heteroatoms. The lowest BCUT2D eigenvalue weighted by atomic mass is 10.1. The number of hydrogen-bond acceptors (Lipinski definition) is 2. The van der Waals surface area contributed by atoms with Crippen molar-refractivity contribution < 1.29 is 4.79 Å². The number of fused-ring (bicyclic) bond motifs is 1. The largest absolute Gasteiger partial charge is 0.360 e. The van der Waals surface area contributed by atoms with E-state index in [1.165, 1.54) is 5.56 Å². The van der Waals surface area contributed by atoms with E-state index < -0.39 is 0 Å². The average Bonchev–Trinajstić information content (AvgIpc) is 3.03. The van der Waals surface area contributed by atoms with E-state index in [1.54, 1.807) is 0 Å². The number of aromatic amines is 1. The predicted molar refractivity (Wildman–Crippen MR) is 94.9 cm³/mol. The van der Waals surface area contributed by atoms with Crippen LogP contribution in [0.2, 0.25) is 0 Å². The summed E-state index contributed by atoms with van der Waals surface area (Å²) >= 11 is 0. The second-order valence-corrected chi connectivity index (χ2v) is 5.78. The first-order valence-corrected chi connectivity index (χ1v) is 8.13. The number of rotatable bonds is 7. The molecule has 0 saturated heterocycles. The molecule has 0 saturated carbocycles. The number of para-hydroxylation sites is 1. The Morgan fingerprint density at radius 3 is 2.57 bits per heavy atom. The van der Waals surface area contributed by atoms with E-state index in [9.17, 15) is 4.79 Å². The molecule has 0 spiro atoms. The summed E-state index contributed by atoms with van der Waals surface area (Å²) in [6.45, 7) is 4.34. The molecule has 3 nitrogen and oxygen atoms in total. The Morgan fingerprint density at radius 1 is 1.04 bits per heavy atom. The highest BCUT2D eigenvalue weighted by molar-refractivity contribution is 6.08. The molecule has 0 radical (unpaired) electrons. The molecule has 1 aromatic heterocycles.